The van der Waals surface area contributed by atoms with E-state index in [0.29, 0.717) is 12.3 Å². The van der Waals surface area contributed by atoms with Gasteiger partial charge in [0, 0.05) is 16.9 Å². The first kappa shape index (κ1) is 17.0. The van der Waals surface area contributed by atoms with Gasteiger partial charge in [-0.25, -0.2) is 0 Å². The summed E-state index contributed by atoms with van der Waals surface area (Å²) in [5.41, 5.74) is 8.18. The highest BCUT2D eigenvalue weighted by molar-refractivity contribution is 5.85. The van der Waals surface area contributed by atoms with Crippen LogP contribution < -0.4 is 5.90 Å². The summed E-state index contributed by atoms with van der Waals surface area (Å²) in [5, 5.41) is 3.92. The Labute approximate surface area is 113 Å². The molecule has 0 bridgehead atoms. The van der Waals surface area contributed by atoms with Crippen LogP contribution in [0.1, 0.15) is 51.9 Å². The van der Waals surface area contributed by atoms with E-state index in [1.165, 1.54) is 19.3 Å². The summed E-state index contributed by atoms with van der Waals surface area (Å²) in [6.07, 6.45) is 6.40. The topological polar surface area (TPSA) is 101 Å². The van der Waals surface area contributed by atoms with Crippen molar-refractivity contribution in [1.82, 2.24) is 0 Å². The molecule has 1 aliphatic carbocycles. The van der Waals surface area contributed by atoms with Crippen molar-refractivity contribution >= 4 is 18.4 Å². The first-order chi connectivity index (χ1) is 8.12. The Morgan fingerprint density at radius 1 is 1.50 bits per heavy atom. The second-order valence-corrected chi connectivity index (χ2v) is 4.87. The molecular formula is C11H21ClN4O2. The molecule has 1 atom stereocenters. The van der Waals surface area contributed by atoms with Crippen molar-refractivity contribution in [3.63, 3.8) is 0 Å². The van der Waals surface area contributed by atoms with E-state index >= 15 is 0 Å². The fourth-order valence-electron chi connectivity index (χ4n) is 2.58. The number of nitrogens with zero attached hydrogens (tertiary/aromatic N) is 3. The molecule has 0 spiro atoms. The van der Waals surface area contributed by atoms with Gasteiger partial charge >= 0.3 is 5.97 Å². The van der Waals surface area contributed by atoms with Crippen molar-refractivity contribution in [1.29, 1.82) is 0 Å². The SMILES string of the molecule is C[C@@](CCC(=O)ON)(N=[N+]=[N-])C1CCCCC1.Cl. The van der Waals surface area contributed by atoms with Gasteiger partial charge in [0.15, 0.2) is 0 Å². The Balaban J connectivity index is 0.00000289. The van der Waals surface area contributed by atoms with Crippen LogP contribution in [-0.2, 0) is 9.63 Å². The lowest BCUT2D eigenvalue weighted by Gasteiger charge is -2.36. The predicted molar refractivity (Wildman–Crippen MR) is 70.9 cm³/mol. The zero-order valence-corrected chi connectivity index (χ0v) is 11.5. The number of azide groups is 1. The third-order valence-corrected chi connectivity index (χ3v) is 3.72. The second-order valence-electron chi connectivity index (χ2n) is 4.87. The third-order valence-electron chi connectivity index (χ3n) is 3.72. The average molecular weight is 277 g/mol. The van der Waals surface area contributed by atoms with E-state index in [2.05, 4.69) is 14.9 Å². The molecule has 1 saturated carbocycles. The van der Waals surface area contributed by atoms with E-state index in [0.717, 1.165) is 12.8 Å². The Hall–Kier alpha value is -0.970. The average Bonchev–Trinajstić information content (AvgIpc) is 2.37. The minimum absolute atomic E-state index is 0. The van der Waals surface area contributed by atoms with Crippen molar-refractivity contribution in [2.24, 2.45) is 16.9 Å². The lowest BCUT2D eigenvalue weighted by Crippen LogP contribution is -2.34. The largest absolute Gasteiger partial charge is 0.373 e. The van der Waals surface area contributed by atoms with Crippen molar-refractivity contribution in [3.8, 4) is 0 Å². The molecule has 0 aromatic heterocycles. The van der Waals surface area contributed by atoms with E-state index < -0.39 is 11.5 Å². The van der Waals surface area contributed by atoms with E-state index in [9.17, 15) is 4.79 Å². The van der Waals surface area contributed by atoms with Gasteiger partial charge in [0.05, 0.1) is 0 Å². The standard InChI is InChI=1S/C11H20N4O2.ClH/c1-11(14-15-12,8-7-10(16)17-13)9-5-3-2-4-6-9;/h9H,2-8,13H2,1H3;1H/t11-;/m0./s1. The van der Waals surface area contributed by atoms with Crippen LogP contribution in [0.15, 0.2) is 5.11 Å². The van der Waals surface area contributed by atoms with Gasteiger partial charge < -0.3 is 4.84 Å². The minimum atomic E-state index is -0.497. The lowest BCUT2D eigenvalue weighted by atomic mass is 9.74. The van der Waals surface area contributed by atoms with Gasteiger partial charge in [0.2, 0.25) is 0 Å². The molecule has 0 amide bonds. The van der Waals surface area contributed by atoms with Crippen molar-refractivity contribution in [3.05, 3.63) is 10.4 Å². The normalized spacial score (nSPS) is 19.0. The molecule has 0 saturated heterocycles. The molecular weight excluding hydrogens is 256 g/mol. The molecule has 1 fully saturated rings. The summed E-state index contributed by atoms with van der Waals surface area (Å²) in [6.45, 7) is 1.92. The fraction of sp³-hybridized carbons (Fsp3) is 0.909. The number of hydrogen-bond acceptors (Lipinski definition) is 4. The van der Waals surface area contributed by atoms with Crippen LogP contribution in [0, 0.1) is 5.92 Å². The molecule has 0 heterocycles. The number of carbonyl (C=O) groups is 1. The van der Waals surface area contributed by atoms with Gasteiger partial charge in [-0.3, -0.25) is 4.79 Å². The molecule has 1 aliphatic rings. The van der Waals surface area contributed by atoms with Crippen LogP contribution in [0.3, 0.4) is 0 Å². The number of carbonyl (C=O) groups excluding carboxylic acids is 1. The van der Waals surface area contributed by atoms with Crippen LogP contribution in [0.4, 0.5) is 0 Å². The summed E-state index contributed by atoms with van der Waals surface area (Å²) < 4.78 is 0. The lowest BCUT2D eigenvalue weighted by molar-refractivity contribution is -0.144. The van der Waals surface area contributed by atoms with Crippen LogP contribution in [0.2, 0.25) is 0 Å². The number of nitrogens with two attached hydrogens (primary N) is 1. The third kappa shape index (κ3) is 4.72. The molecule has 7 heteroatoms. The zero-order chi connectivity index (χ0) is 12.7. The number of hydrogen-bond donors (Lipinski definition) is 1. The Morgan fingerprint density at radius 2 is 2.11 bits per heavy atom. The Morgan fingerprint density at radius 3 is 2.61 bits per heavy atom. The van der Waals surface area contributed by atoms with Crippen LogP contribution in [0.5, 0.6) is 0 Å². The Kier molecular flexibility index (Phi) is 7.75. The van der Waals surface area contributed by atoms with E-state index in [4.69, 9.17) is 11.4 Å². The van der Waals surface area contributed by atoms with Crippen molar-refractivity contribution < 1.29 is 9.63 Å². The first-order valence-electron chi connectivity index (χ1n) is 6.08. The molecule has 0 aromatic carbocycles. The molecule has 1 rings (SSSR count). The molecule has 0 unspecified atom stereocenters. The molecule has 18 heavy (non-hydrogen) atoms. The summed E-state index contributed by atoms with van der Waals surface area (Å²) in [4.78, 5) is 18.1. The minimum Gasteiger partial charge on any atom is -0.373 e. The van der Waals surface area contributed by atoms with Crippen molar-refractivity contribution in [2.45, 2.75) is 57.4 Å². The van der Waals surface area contributed by atoms with Crippen LogP contribution in [0.25, 0.3) is 10.4 Å². The number of rotatable bonds is 5. The van der Waals surface area contributed by atoms with E-state index in [1.54, 1.807) is 0 Å². The quantitative estimate of drug-likeness (QED) is 0.361. The monoisotopic (exact) mass is 276 g/mol. The molecule has 0 radical (unpaired) electrons. The summed E-state index contributed by atoms with van der Waals surface area (Å²) in [5.74, 6) is 4.70. The molecule has 2 N–H and O–H groups in total. The summed E-state index contributed by atoms with van der Waals surface area (Å²) in [7, 11) is 0. The van der Waals surface area contributed by atoms with Gasteiger partial charge in [0.1, 0.15) is 0 Å². The van der Waals surface area contributed by atoms with Crippen molar-refractivity contribution in [2.75, 3.05) is 0 Å². The van der Waals surface area contributed by atoms with Gasteiger partial charge in [-0.1, -0.05) is 31.3 Å². The first-order valence-corrected chi connectivity index (χ1v) is 6.08. The fourth-order valence-corrected chi connectivity index (χ4v) is 2.58. The predicted octanol–water partition coefficient (Wildman–Crippen LogP) is 3.25. The Bertz CT molecular complexity index is 314. The highest BCUT2D eigenvalue weighted by atomic mass is 35.5. The van der Waals surface area contributed by atoms with Gasteiger partial charge in [-0.05, 0) is 30.7 Å². The van der Waals surface area contributed by atoms with Crippen LogP contribution >= 0.6 is 12.4 Å². The molecule has 104 valence electrons. The number of halogens is 1. The van der Waals surface area contributed by atoms with Gasteiger partial charge in [-0.15, -0.1) is 12.4 Å². The van der Waals surface area contributed by atoms with Gasteiger partial charge in [-0.2, -0.15) is 5.90 Å². The highest BCUT2D eigenvalue weighted by Crippen LogP contribution is 2.38. The molecule has 0 aliphatic heterocycles. The van der Waals surface area contributed by atoms with Gasteiger partial charge in [0.25, 0.3) is 0 Å². The maximum atomic E-state index is 11.1. The maximum absolute atomic E-state index is 11.1. The summed E-state index contributed by atoms with van der Waals surface area (Å²) >= 11 is 0. The highest BCUT2D eigenvalue weighted by Gasteiger charge is 2.34. The van der Waals surface area contributed by atoms with E-state index in [-0.39, 0.29) is 18.8 Å². The summed E-state index contributed by atoms with van der Waals surface area (Å²) in [6, 6.07) is 0. The van der Waals surface area contributed by atoms with E-state index in [1.807, 2.05) is 6.92 Å². The van der Waals surface area contributed by atoms with Crippen LogP contribution in [-0.4, -0.2) is 11.5 Å². The second kappa shape index (κ2) is 8.19. The molecule has 0 aromatic rings. The zero-order valence-electron chi connectivity index (χ0n) is 10.7. The molecule has 6 nitrogen and oxygen atoms in total. The smallest absolute Gasteiger partial charge is 0.324 e. The maximum Gasteiger partial charge on any atom is 0.324 e.